The number of aryl methyl sites for hydroxylation is 1. The van der Waals surface area contributed by atoms with Gasteiger partial charge in [-0.15, -0.1) is 0 Å². The summed E-state index contributed by atoms with van der Waals surface area (Å²) >= 11 is 5.87. The smallest absolute Gasteiger partial charge is 0.151 e. The monoisotopic (exact) mass is 332 g/mol. The zero-order valence-corrected chi connectivity index (χ0v) is 14.2. The lowest BCUT2D eigenvalue weighted by Crippen LogP contribution is -1.98. The zero-order valence-electron chi connectivity index (χ0n) is 13.4. The average molecular weight is 333 g/mol. The lowest BCUT2D eigenvalue weighted by atomic mass is 10.2. The van der Waals surface area contributed by atoms with Crippen molar-refractivity contribution in [1.29, 1.82) is 0 Å². The molecule has 1 N–H and O–H groups in total. The molecule has 0 spiro atoms. The van der Waals surface area contributed by atoms with E-state index < -0.39 is 0 Å². The Bertz CT molecular complexity index is 623. The van der Waals surface area contributed by atoms with E-state index in [1.54, 1.807) is 19.2 Å². The number of aromatic nitrogens is 2. The van der Waals surface area contributed by atoms with E-state index in [9.17, 15) is 0 Å². The summed E-state index contributed by atoms with van der Waals surface area (Å²) in [6.07, 6.45) is 5.20. The van der Waals surface area contributed by atoms with Crippen LogP contribution >= 0.6 is 11.6 Å². The summed E-state index contributed by atoms with van der Waals surface area (Å²) in [5.74, 6) is 2.04. The van der Waals surface area contributed by atoms with E-state index in [4.69, 9.17) is 16.3 Å². The Morgan fingerprint density at radius 1 is 1.22 bits per heavy atom. The number of hydrogen-bond acceptors (Lipinski definition) is 5. The van der Waals surface area contributed by atoms with E-state index in [-0.39, 0.29) is 0 Å². The van der Waals surface area contributed by atoms with Gasteiger partial charge in [-0.2, -0.15) is 5.10 Å². The van der Waals surface area contributed by atoms with Crippen molar-refractivity contribution in [3.63, 3.8) is 0 Å². The number of unbranched alkanes of at least 4 members (excludes halogenated alkanes) is 2. The fourth-order valence-corrected chi connectivity index (χ4v) is 2.18. The van der Waals surface area contributed by atoms with Gasteiger partial charge in [0.25, 0.3) is 0 Å². The van der Waals surface area contributed by atoms with Gasteiger partial charge >= 0.3 is 0 Å². The Morgan fingerprint density at radius 2 is 2.00 bits per heavy atom. The molecular formula is C17H21ClN4O. The first kappa shape index (κ1) is 17.2. The molecule has 0 aliphatic rings. The highest BCUT2D eigenvalue weighted by atomic mass is 35.5. The van der Waals surface area contributed by atoms with Crippen LogP contribution in [0.25, 0.3) is 0 Å². The van der Waals surface area contributed by atoms with Crippen molar-refractivity contribution in [3.05, 3.63) is 46.9 Å². The van der Waals surface area contributed by atoms with Crippen molar-refractivity contribution in [2.75, 3.05) is 12.0 Å². The van der Waals surface area contributed by atoms with Crippen LogP contribution in [0.15, 0.2) is 35.4 Å². The molecule has 122 valence electrons. The third-order valence-corrected chi connectivity index (χ3v) is 3.29. The summed E-state index contributed by atoms with van der Waals surface area (Å²) in [5, 5.41) is 4.53. The summed E-state index contributed by atoms with van der Waals surface area (Å²) in [5.41, 5.74) is 3.81. The van der Waals surface area contributed by atoms with E-state index in [1.165, 1.54) is 12.8 Å². The Balaban J connectivity index is 1.85. The molecule has 0 aliphatic carbocycles. The molecule has 0 radical (unpaired) electrons. The minimum absolute atomic E-state index is 0.389. The third kappa shape index (κ3) is 6.24. The molecule has 2 rings (SSSR count). The number of nitrogens with one attached hydrogen (secondary N) is 1. The summed E-state index contributed by atoms with van der Waals surface area (Å²) in [6, 6.07) is 9.42. The molecule has 0 fully saturated rings. The molecule has 2 aromatic rings. The standard InChI is InChI=1S/C17H21ClN4O/c1-3-4-5-10-23-15-8-6-14(7-9-15)12-19-22-17-11-16(18)20-13(2)21-17/h6-9,11-12H,3-5,10H2,1-2H3,(H,20,21,22)/b19-12+. The molecule has 0 amide bonds. The van der Waals surface area contributed by atoms with Crippen molar-refractivity contribution < 1.29 is 4.74 Å². The van der Waals surface area contributed by atoms with E-state index in [0.717, 1.165) is 24.3 Å². The number of benzene rings is 1. The lowest BCUT2D eigenvalue weighted by Gasteiger charge is -2.05. The SMILES string of the molecule is CCCCCOc1ccc(/C=N/Nc2cc(Cl)nc(C)n2)cc1. The Kier molecular flexibility index (Phi) is 6.81. The first-order valence-corrected chi connectivity index (χ1v) is 8.08. The molecule has 0 saturated carbocycles. The van der Waals surface area contributed by atoms with Gasteiger partial charge in [-0.25, -0.2) is 9.97 Å². The first-order valence-electron chi connectivity index (χ1n) is 7.70. The highest BCUT2D eigenvalue weighted by molar-refractivity contribution is 6.29. The predicted octanol–water partition coefficient (Wildman–Crippen LogP) is 4.45. The summed E-state index contributed by atoms with van der Waals surface area (Å²) in [7, 11) is 0. The highest BCUT2D eigenvalue weighted by Crippen LogP contribution is 2.13. The molecular weight excluding hydrogens is 312 g/mol. The lowest BCUT2D eigenvalue weighted by molar-refractivity contribution is 0.306. The number of nitrogens with zero attached hydrogens (tertiary/aromatic N) is 3. The molecule has 0 bridgehead atoms. The van der Waals surface area contributed by atoms with Gasteiger partial charge in [0.2, 0.25) is 0 Å². The van der Waals surface area contributed by atoms with Gasteiger partial charge < -0.3 is 4.74 Å². The largest absolute Gasteiger partial charge is 0.494 e. The minimum atomic E-state index is 0.389. The van der Waals surface area contributed by atoms with Crippen molar-refractivity contribution in [2.24, 2.45) is 5.10 Å². The Labute approximate surface area is 141 Å². The van der Waals surface area contributed by atoms with Gasteiger partial charge in [0.05, 0.1) is 12.8 Å². The molecule has 1 heterocycles. The van der Waals surface area contributed by atoms with Gasteiger partial charge in [-0.1, -0.05) is 31.4 Å². The number of rotatable bonds is 8. The van der Waals surface area contributed by atoms with Crippen molar-refractivity contribution in [2.45, 2.75) is 33.1 Å². The van der Waals surface area contributed by atoms with E-state index in [1.807, 2.05) is 24.3 Å². The third-order valence-electron chi connectivity index (χ3n) is 3.10. The molecule has 1 aromatic heterocycles. The topological polar surface area (TPSA) is 59.4 Å². The van der Waals surface area contributed by atoms with E-state index >= 15 is 0 Å². The number of halogens is 1. The second kappa shape index (κ2) is 9.10. The van der Waals surface area contributed by atoms with Gasteiger partial charge in [0.15, 0.2) is 5.82 Å². The first-order chi connectivity index (χ1) is 11.2. The van der Waals surface area contributed by atoms with Crippen LogP contribution in [0.4, 0.5) is 5.82 Å². The van der Waals surface area contributed by atoms with Crippen LogP contribution in [-0.4, -0.2) is 22.8 Å². The molecule has 23 heavy (non-hydrogen) atoms. The van der Waals surface area contributed by atoms with E-state index in [2.05, 4.69) is 27.4 Å². The van der Waals surface area contributed by atoms with Crippen molar-refractivity contribution in [3.8, 4) is 5.75 Å². The Morgan fingerprint density at radius 3 is 2.70 bits per heavy atom. The number of ether oxygens (including phenoxy) is 1. The highest BCUT2D eigenvalue weighted by Gasteiger charge is 1.98. The normalized spacial score (nSPS) is 10.9. The molecule has 0 unspecified atom stereocenters. The van der Waals surface area contributed by atoms with Crippen LogP contribution in [0.3, 0.4) is 0 Å². The molecule has 1 aromatic carbocycles. The molecule has 0 atom stereocenters. The van der Waals surface area contributed by atoms with Gasteiger partial charge in [0, 0.05) is 6.07 Å². The fraction of sp³-hybridized carbons (Fsp3) is 0.353. The van der Waals surface area contributed by atoms with Gasteiger partial charge in [0.1, 0.15) is 16.7 Å². The quantitative estimate of drug-likeness (QED) is 0.336. The minimum Gasteiger partial charge on any atom is -0.494 e. The van der Waals surface area contributed by atoms with Crippen LogP contribution in [0.5, 0.6) is 5.75 Å². The maximum atomic E-state index is 5.87. The summed E-state index contributed by atoms with van der Waals surface area (Å²) in [4.78, 5) is 8.18. The van der Waals surface area contributed by atoms with E-state index in [0.29, 0.717) is 16.8 Å². The van der Waals surface area contributed by atoms with Crippen LogP contribution < -0.4 is 10.2 Å². The second-order valence-electron chi connectivity index (χ2n) is 5.12. The zero-order chi connectivity index (χ0) is 16.5. The molecule has 5 nitrogen and oxygen atoms in total. The number of hydrogen-bond donors (Lipinski definition) is 1. The van der Waals surface area contributed by atoms with Gasteiger partial charge in [-0.3, -0.25) is 5.43 Å². The van der Waals surface area contributed by atoms with Crippen LogP contribution in [0.2, 0.25) is 5.15 Å². The number of anilines is 1. The molecule has 6 heteroatoms. The second-order valence-corrected chi connectivity index (χ2v) is 5.50. The van der Waals surface area contributed by atoms with Crippen molar-refractivity contribution in [1.82, 2.24) is 9.97 Å². The van der Waals surface area contributed by atoms with Crippen molar-refractivity contribution >= 4 is 23.6 Å². The molecule has 0 aliphatic heterocycles. The summed E-state index contributed by atoms with van der Waals surface area (Å²) < 4.78 is 5.67. The Hall–Kier alpha value is -2.14. The van der Waals surface area contributed by atoms with Crippen LogP contribution in [-0.2, 0) is 0 Å². The van der Waals surface area contributed by atoms with Gasteiger partial charge in [-0.05, 0) is 43.2 Å². The van der Waals surface area contributed by atoms with Crippen LogP contribution in [0.1, 0.15) is 37.6 Å². The maximum absolute atomic E-state index is 5.87. The fourth-order valence-electron chi connectivity index (χ4n) is 1.95. The average Bonchev–Trinajstić information content (AvgIpc) is 2.52. The van der Waals surface area contributed by atoms with Crippen LogP contribution in [0, 0.1) is 6.92 Å². The number of hydrazone groups is 1. The molecule has 0 saturated heterocycles. The predicted molar refractivity (Wildman–Crippen MR) is 94.5 cm³/mol. The maximum Gasteiger partial charge on any atom is 0.151 e. The summed E-state index contributed by atoms with van der Waals surface area (Å²) in [6.45, 7) is 4.72.